The van der Waals surface area contributed by atoms with Gasteiger partial charge in [-0.05, 0) is 69.3 Å². The van der Waals surface area contributed by atoms with Crippen molar-refractivity contribution in [1.82, 2.24) is 19.9 Å². The number of para-hydroxylation sites is 1. The SMILES string of the molecule is c1ccc(C2(c3ccccc3)c3ccccc3-c3cc(-c4nc(-c5ccc(-c6cccc7cccnc67)cc5)cc(-c5cccnc5)n4)ccc32)cc1. The van der Waals surface area contributed by atoms with Crippen molar-refractivity contribution < 1.29 is 0 Å². The topological polar surface area (TPSA) is 51.6 Å². The zero-order valence-corrected chi connectivity index (χ0v) is 28.8. The molecule has 3 heterocycles. The number of pyridine rings is 2. The summed E-state index contributed by atoms with van der Waals surface area (Å²) < 4.78 is 0. The Morgan fingerprint density at radius 3 is 1.77 bits per heavy atom. The van der Waals surface area contributed by atoms with Crippen molar-refractivity contribution >= 4 is 10.9 Å². The van der Waals surface area contributed by atoms with Crippen LogP contribution in [0, 0.1) is 0 Å². The lowest BCUT2D eigenvalue weighted by Gasteiger charge is -2.33. The Kier molecular flexibility index (Phi) is 7.33. The summed E-state index contributed by atoms with van der Waals surface area (Å²) >= 11 is 0. The minimum absolute atomic E-state index is 0.460. The summed E-state index contributed by atoms with van der Waals surface area (Å²) in [5.41, 5.74) is 14.7. The first-order valence-corrected chi connectivity index (χ1v) is 17.9. The van der Waals surface area contributed by atoms with E-state index in [0.29, 0.717) is 5.82 Å². The van der Waals surface area contributed by atoms with Gasteiger partial charge in [0.05, 0.1) is 22.3 Å². The van der Waals surface area contributed by atoms with Gasteiger partial charge in [-0.15, -0.1) is 0 Å². The summed E-state index contributed by atoms with van der Waals surface area (Å²) in [7, 11) is 0. The summed E-state index contributed by atoms with van der Waals surface area (Å²) in [5, 5.41) is 1.12. The van der Waals surface area contributed by atoms with Crippen LogP contribution in [0.5, 0.6) is 0 Å². The van der Waals surface area contributed by atoms with E-state index >= 15 is 0 Å². The number of nitrogens with zero attached hydrogens (tertiary/aromatic N) is 4. The highest BCUT2D eigenvalue weighted by Gasteiger charge is 2.46. The molecule has 1 aliphatic carbocycles. The van der Waals surface area contributed by atoms with Gasteiger partial charge in [0.15, 0.2) is 5.82 Å². The van der Waals surface area contributed by atoms with Crippen LogP contribution in [0.2, 0.25) is 0 Å². The van der Waals surface area contributed by atoms with Gasteiger partial charge in [-0.1, -0.05) is 146 Å². The van der Waals surface area contributed by atoms with E-state index < -0.39 is 5.41 Å². The van der Waals surface area contributed by atoms with E-state index in [-0.39, 0.29) is 0 Å². The van der Waals surface area contributed by atoms with Gasteiger partial charge in [-0.25, -0.2) is 9.97 Å². The molecule has 0 radical (unpaired) electrons. The molecule has 0 spiro atoms. The fraction of sp³-hybridized carbons (Fsp3) is 0.0204. The molecule has 4 heteroatoms. The summed E-state index contributed by atoms with van der Waals surface area (Å²) in [6, 6.07) is 62.4. The van der Waals surface area contributed by atoms with Crippen LogP contribution in [0.1, 0.15) is 22.3 Å². The lowest BCUT2D eigenvalue weighted by molar-refractivity contribution is 0.768. The highest BCUT2D eigenvalue weighted by molar-refractivity contribution is 5.94. The van der Waals surface area contributed by atoms with E-state index in [1.807, 2.05) is 30.6 Å². The summed E-state index contributed by atoms with van der Waals surface area (Å²) in [5.74, 6) is 0.667. The van der Waals surface area contributed by atoms with Gasteiger partial charge in [-0.2, -0.15) is 0 Å². The fourth-order valence-electron chi connectivity index (χ4n) is 8.13. The monoisotopic (exact) mass is 676 g/mol. The Morgan fingerprint density at radius 1 is 0.396 bits per heavy atom. The molecule has 6 aromatic carbocycles. The minimum Gasteiger partial charge on any atom is -0.264 e. The molecule has 1 aliphatic rings. The molecule has 0 saturated heterocycles. The second kappa shape index (κ2) is 12.6. The Morgan fingerprint density at radius 2 is 1.02 bits per heavy atom. The smallest absolute Gasteiger partial charge is 0.160 e. The zero-order chi connectivity index (χ0) is 35.2. The van der Waals surface area contributed by atoms with Gasteiger partial charge >= 0.3 is 0 Å². The average Bonchev–Trinajstić information content (AvgIpc) is 3.55. The molecule has 0 aliphatic heterocycles. The molecule has 0 saturated carbocycles. The van der Waals surface area contributed by atoms with Crippen molar-refractivity contribution in [2.45, 2.75) is 5.41 Å². The first-order valence-electron chi connectivity index (χ1n) is 17.9. The van der Waals surface area contributed by atoms with E-state index in [0.717, 1.165) is 50.1 Å². The number of rotatable bonds is 6. The van der Waals surface area contributed by atoms with E-state index in [1.54, 1.807) is 6.20 Å². The zero-order valence-electron chi connectivity index (χ0n) is 28.8. The maximum Gasteiger partial charge on any atom is 0.160 e. The number of hydrogen-bond donors (Lipinski definition) is 0. The second-order valence-corrected chi connectivity index (χ2v) is 13.4. The lowest BCUT2D eigenvalue weighted by atomic mass is 9.67. The van der Waals surface area contributed by atoms with Crippen molar-refractivity contribution in [1.29, 1.82) is 0 Å². The predicted octanol–water partition coefficient (Wildman–Crippen LogP) is 11.5. The van der Waals surface area contributed by atoms with Crippen molar-refractivity contribution in [2.24, 2.45) is 0 Å². The molecule has 0 atom stereocenters. The molecule has 53 heavy (non-hydrogen) atoms. The van der Waals surface area contributed by atoms with Crippen molar-refractivity contribution in [3.8, 4) is 56.2 Å². The van der Waals surface area contributed by atoms with Crippen LogP contribution in [0.3, 0.4) is 0 Å². The van der Waals surface area contributed by atoms with Crippen LogP contribution < -0.4 is 0 Å². The molecular weight excluding hydrogens is 645 g/mol. The third kappa shape index (κ3) is 5.07. The average molecular weight is 677 g/mol. The molecule has 0 N–H and O–H groups in total. The van der Waals surface area contributed by atoms with Crippen LogP contribution >= 0.6 is 0 Å². The van der Waals surface area contributed by atoms with Gasteiger partial charge in [0.1, 0.15) is 0 Å². The Bertz CT molecular complexity index is 2720. The first kappa shape index (κ1) is 30.8. The molecule has 0 amide bonds. The number of hydrogen-bond acceptors (Lipinski definition) is 4. The van der Waals surface area contributed by atoms with Gasteiger partial charge in [0.2, 0.25) is 0 Å². The predicted molar refractivity (Wildman–Crippen MR) is 214 cm³/mol. The van der Waals surface area contributed by atoms with Crippen LogP contribution in [-0.2, 0) is 5.41 Å². The Hall–Kier alpha value is -7.04. The van der Waals surface area contributed by atoms with Crippen molar-refractivity contribution in [2.75, 3.05) is 0 Å². The second-order valence-electron chi connectivity index (χ2n) is 13.4. The van der Waals surface area contributed by atoms with Crippen molar-refractivity contribution in [3.05, 3.63) is 217 Å². The third-order valence-corrected chi connectivity index (χ3v) is 10.5. The minimum atomic E-state index is -0.460. The van der Waals surface area contributed by atoms with Crippen LogP contribution in [0.25, 0.3) is 67.1 Å². The lowest BCUT2D eigenvalue weighted by Crippen LogP contribution is -2.28. The maximum atomic E-state index is 5.24. The number of fused-ring (bicyclic) bond motifs is 4. The van der Waals surface area contributed by atoms with Gasteiger partial charge < -0.3 is 0 Å². The maximum absolute atomic E-state index is 5.24. The quantitative estimate of drug-likeness (QED) is 0.176. The fourth-order valence-corrected chi connectivity index (χ4v) is 8.13. The van der Waals surface area contributed by atoms with E-state index in [4.69, 9.17) is 9.97 Å². The summed E-state index contributed by atoms with van der Waals surface area (Å²) in [4.78, 5) is 19.5. The van der Waals surface area contributed by atoms with Gasteiger partial charge in [-0.3, -0.25) is 9.97 Å². The Balaban J connectivity index is 1.14. The third-order valence-electron chi connectivity index (χ3n) is 10.5. The molecule has 3 aromatic heterocycles. The molecule has 4 nitrogen and oxygen atoms in total. The molecule has 0 unspecified atom stereocenters. The molecule has 0 fully saturated rings. The van der Waals surface area contributed by atoms with E-state index in [1.165, 1.54) is 33.4 Å². The standard InChI is InChI=1S/C49H32N4/c1-3-15-38(16-4-1)49(39-17-5-2-6-18-39)43-21-8-7-19-41(43)42-30-36(26-27-44(42)49)48-52-45(31-46(53-48)37-14-10-28-50-32-37)34-24-22-33(23-25-34)40-20-9-12-35-13-11-29-51-47(35)40/h1-32H. The molecule has 9 aromatic rings. The summed E-state index contributed by atoms with van der Waals surface area (Å²) in [6.07, 6.45) is 5.50. The van der Waals surface area contributed by atoms with Crippen LogP contribution in [0.4, 0.5) is 0 Å². The van der Waals surface area contributed by atoms with Crippen LogP contribution in [-0.4, -0.2) is 19.9 Å². The molecule has 0 bridgehead atoms. The first-order chi connectivity index (χ1) is 26.3. The summed E-state index contributed by atoms with van der Waals surface area (Å²) in [6.45, 7) is 0. The largest absolute Gasteiger partial charge is 0.264 e. The molecule has 10 rings (SSSR count). The molecular formula is C49H32N4. The molecule has 248 valence electrons. The highest BCUT2D eigenvalue weighted by Crippen LogP contribution is 2.56. The van der Waals surface area contributed by atoms with Crippen LogP contribution in [0.15, 0.2) is 195 Å². The van der Waals surface area contributed by atoms with Gasteiger partial charge in [0.25, 0.3) is 0 Å². The number of benzene rings is 6. The number of aromatic nitrogens is 4. The van der Waals surface area contributed by atoms with E-state index in [9.17, 15) is 0 Å². The Labute approximate surface area is 308 Å². The van der Waals surface area contributed by atoms with Gasteiger partial charge in [0, 0.05) is 46.2 Å². The highest BCUT2D eigenvalue weighted by atomic mass is 14.9. The van der Waals surface area contributed by atoms with E-state index in [2.05, 4.69) is 168 Å². The van der Waals surface area contributed by atoms with Crippen molar-refractivity contribution in [3.63, 3.8) is 0 Å². The normalized spacial score (nSPS) is 12.7.